The van der Waals surface area contributed by atoms with Crippen LogP contribution in [0.3, 0.4) is 0 Å². The van der Waals surface area contributed by atoms with Gasteiger partial charge in [-0.05, 0) is 37.6 Å². The van der Waals surface area contributed by atoms with Crippen LogP contribution in [-0.2, 0) is 0 Å². The van der Waals surface area contributed by atoms with Crippen LogP contribution in [0.5, 0.6) is 0 Å². The number of rotatable bonds is 5. The fourth-order valence-electron chi connectivity index (χ4n) is 3.27. The summed E-state index contributed by atoms with van der Waals surface area (Å²) in [6.07, 6.45) is 3.91. The second kappa shape index (κ2) is 7.82. The molecule has 7 heteroatoms. The van der Waals surface area contributed by atoms with Gasteiger partial charge in [0.15, 0.2) is 5.16 Å². The second-order valence-electron chi connectivity index (χ2n) is 6.51. The molecule has 5 nitrogen and oxygen atoms in total. The number of aromatic nitrogens is 2. The summed E-state index contributed by atoms with van der Waals surface area (Å²) in [4.78, 5) is 20.8. The number of thioether (sulfide) groups is 1. The first kappa shape index (κ1) is 17.6. The van der Waals surface area contributed by atoms with E-state index in [2.05, 4.69) is 9.88 Å². The van der Waals surface area contributed by atoms with Crippen molar-refractivity contribution in [2.45, 2.75) is 24.4 Å². The Morgan fingerprint density at radius 3 is 2.69 bits per heavy atom. The number of fused-ring (bicyclic) bond motifs is 1. The van der Waals surface area contributed by atoms with Crippen molar-refractivity contribution in [3.8, 4) is 10.4 Å². The predicted octanol–water partition coefficient (Wildman–Crippen LogP) is 3.42. The number of likely N-dealkylation sites (tertiary alicyclic amines) is 1. The molecule has 0 bridgehead atoms. The van der Waals surface area contributed by atoms with E-state index in [4.69, 9.17) is 5.84 Å². The average Bonchev–Trinajstić information content (AvgIpc) is 3.11. The van der Waals surface area contributed by atoms with E-state index in [-0.39, 0.29) is 5.56 Å². The van der Waals surface area contributed by atoms with E-state index in [0.29, 0.717) is 9.86 Å². The SMILES string of the molecule is Nn1c(SCCN2CCCCC2)nc2cc(-c3ccccc3)sc2c1=O. The van der Waals surface area contributed by atoms with Crippen LogP contribution in [0.15, 0.2) is 46.3 Å². The fraction of sp³-hybridized carbons (Fsp3) is 0.368. The van der Waals surface area contributed by atoms with Crippen molar-refractivity contribution in [3.63, 3.8) is 0 Å². The molecule has 0 aliphatic carbocycles. The van der Waals surface area contributed by atoms with E-state index in [1.807, 2.05) is 36.4 Å². The van der Waals surface area contributed by atoms with Gasteiger partial charge in [-0.2, -0.15) is 0 Å². The Bertz CT molecular complexity index is 945. The van der Waals surface area contributed by atoms with Crippen LogP contribution in [0.1, 0.15) is 19.3 Å². The lowest BCUT2D eigenvalue weighted by molar-refractivity contribution is 0.242. The maximum atomic E-state index is 12.6. The number of nitrogen functional groups attached to an aromatic ring is 1. The number of nitrogens with two attached hydrogens (primary N) is 1. The molecule has 1 fully saturated rings. The first-order chi connectivity index (χ1) is 12.7. The summed E-state index contributed by atoms with van der Waals surface area (Å²) < 4.78 is 1.82. The molecule has 3 aromatic rings. The third kappa shape index (κ3) is 3.65. The lowest BCUT2D eigenvalue weighted by Crippen LogP contribution is -2.32. The number of piperidine rings is 1. The summed E-state index contributed by atoms with van der Waals surface area (Å²) in [6, 6.07) is 12.1. The van der Waals surface area contributed by atoms with Crippen LogP contribution in [0.25, 0.3) is 20.7 Å². The van der Waals surface area contributed by atoms with Crippen LogP contribution in [-0.4, -0.2) is 39.9 Å². The zero-order chi connectivity index (χ0) is 17.9. The zero-order valence-corrected chi connectivity index (χ0v) is 16.2. The number of benzene rings is 1. The molecule has 0 atom stereocenters. The van der Waals surface area contributed by atoms with Gasteiger partial charge in [0.2, 0.25) is 0 Å². The van der Waals surface area contributed by atoms with Crippen LogP contribution in [0.2, 0.25) is 0 Å². The van der Waals surface area contributed by atoms with E-state index in [0.717, 1.165) is 28.3 Å². The van der Waals surface area contributed by atoms with E-state index >= 15 is 0 Å². The van der Waals surface area contributed by atoms with Crippen LogP contribution in [0, 0.1) is 0 Å². The van der Waals surface area contributed by atoms with Crippen molar-refractivity contribution < 1.29 is 0 Å². The molecule has 136 valence electrons. The largest absolute Gasteiger partial charge is 0.334 e. The summed E-state index contributed by atoms with van der Waals surface area (Å²) >= 11 is 3.02. The standard InChI is InChI=1S/C19H22N4OS2/c20-23-18(24)17-15(13-16(26-17)14-7-3-1-4-8-14)21-19(23)25-12-11-22-9-5-2-6-10-22/h1,3-4,7-8,13H,2,5-6,9-12,20H2. The first-order valence-electron chi connectivity index (χ1n) is 8.94. The molecule has 1 aromatic carbocycles. The summed E-state index contributed by atoms with van der Waals surface area (Å²) in [5.41, 5.74) is 1.67. The second-order valence-corrected chi connectivity index (χ2v) is 8.63. The van der Waals surface area contributed by atoms with Crippen molar-refractivity contribution in [1.82, 2.24) is 14.6 Å². The third-order valence-corrected chi connectivity index (χ3v) is 6.79. The quantitative estimate of drug-likeness (QED) is 0.414. The zero-order valence-electron chi connectivity index (χ0n) is 14.6. The molecule has 0 radical (unpaired) electrons. The molecule has 1 aliphatic heterocycles. The molecule has 4 rings (SSSR count). The van der Waals surface area contributed by atoms with Crippen LogP contribution in [0.4, 0.5) is 0 Å². The number of thiophene rings is 1. The third-order valence-electron chi connectivity index (χ3n) is 4.69. The topological polar surface area (TPSA) is 64.2 Å². The monoisotopic (exact) mass is 386 g/mol. The number of hydrogen-bond acceptors (Lipinski definition) is 6. The molecular weight excluding hydrogens is 364 g/mol. The molecule has 26 heavy (non-hydrogen) atoms. The van der Waals surface area contributed by atoms with Crippen LogP contribution < -0.4 is 11.4 Å². The van der Waals surface area contributed by atoms with Crippen molar-refractivity contribution in [1.29, 1.82) is 0 Å². The van der Waals surface area contributed by atoms with Gasteiger partial charge < -0.3 is 10.7 Å². The Kier molecular flexibility index (Phi) is 5.28. The van der Waals surface area contributed by atoms with Gasteiger partial charge in [-0.15, -0.1) is 11.3 Å². The maximum absolute atomic E-state index is 12.6. The normalized spacial score (nSPS) is 15.5. The summed E-state index contributed by atoms with van der Waals surface area (Å²) in [5.74, 6) is 6.92. The van der Waals surface area contributed by atoms with Gasteiger partial charge in [0.1, 0.15) is 4.70 Å². The molecule has 0 amide bonds. The van der Waals surface area contributed by atoms with Crippen molar-refractivity contribution in [3.05, 3.63) is 46.8 Å². The van der Waals surface area contributed by atoms with Gasteiger partial charge in [0, 0.05) is 17.2 Å². The van der Waals surface area contributed by atoms with Crippen molar-refractivity contribution in [2.24, 2.45) is 0 Å². The van der Waals surface area contributed by atoms with Gasteiger partial charge in [-0.1, -0.05) is 48.5 Å². The van der Waals surface area contributed by atoms with Gasteiger partial charge >= 0.3 is 0 Å². The Balaban J connectivity index is 1.55. The average molecular weight is 387 g/mol. The van der Waals surface area contributed by atoms with Crippen LogP contribution >= 0.6 is 23.1 Å². The molecule has 2 aromatic heterocycles. The minimum atomic E-state index is -0.164. The van der Waals surface area contributed by atoms with Gasteiger partial charge in [-0.3, -0.25) is 4.79 Å². The van der Waals surface area contributed by atoms with E-state index in [1.54, 1.807) is 11.8 Å². The molecule has 0 saturated carbocycles. The molecular formula is C19H22N4OS2. The number of nitrogens with zero attached hydrogens (tertiary/aromatic N) is 3. The highest BCUT2D eigenvalue weighted by molar-refractivity contribution is 7.99. The highest BCUT2D eigenvalue weighted by atomic mass is 32.2. The number of hydrogen-bond donors (Lipinski definition) is 1. The molecule has 0 unspecified atom stereocenters. The Labute approximate surface area is 160 Å². The Morgan fingerprint density at radius 2 is 1.92 bits per heavy atom. The highest BCUT2D eigenvalue weighted by Crippen LogP contribution is 2.31. The smallest absolute Gasteiger partial charge is 0.290 e. The Hall–Kier alpha value is -1.83. The Morgan fingerprint density at radius 1 is 1.15 bits per heavy atom. The maximum Gasteiger partial charge on any atom is 0.290 e. The lowest BCUT2D eigenvalue weighted by Gasteiger charge is -2.25. The predicted molar refractivity (Wildman–Crippen MR) is 110 cm³/mol. The minimum Gasteiger partial charge on any atom is -0.334 e. The fourth-order valence-corrected chi connectivity index (χ4v) is 5.22. The molecule has 1 aliphatic rings. The van der Waals surface area contributed by atoms with E-state index in [1.165, 1.54) is 48.4 Å². The van der Waals surface area contributed by atoms with Crippen molar-refractivity contribution >= 4 is 33.3 Å². The highest BCUT2D eigenvalue weighted by Gasteiger charge is 2.15. The molecule has 3 heterocycles. The van der Waals surface area contributed by atoms with Gasteiger partial charge in [0.25, 0.3) is 5.56 Å². The molecule has 2 N–H and O–H groups in total. The van der Waals surface area contributed by atoms with Gasteiger partial charge in [-0.25, -0.2) is 9.66 Å². The van der Waals surface area contributed by atoms with Crippen molar-refractivity contribution in [2.75, 3.05) is 31.2 Å². The summed E-state index contributed by atoms with van der Waals surface area (Å²) in [7, 11) is 0. The van der Waals surface area contributed by atoms with E-state index < -0.39 is 0 Å². The first-order valence-corrected chi connectivity index (χ1v) is 10.7. The summed E-state index contributed by atoms with van der Waals surface area (Å²) in [6.45, 7) is 3.36. The van der Waals surface area contributed by atoms with E-state index in [9.17, 15) is 4.79 Å². The summed E-state index contributed by atoms with van der Waals surface area (Å²) in [5, 5.41) is 0.594. The van der Waals surface area contributed by atoms with Gasteiger partial charge in [0.05, 0.1) is 5.52 Å². The minimum absolute atomic E-state index is 0.164. The molecule has 1 saturated heterocycles. The molecule has 0 spiro atoms. The lowest BCUT2D eigenvalue weighted by atomic mass is 10.1.